The first-order chi connectivity index (χ1) is 7.69. The van der Waals surface area contributed by atoms with E-state index in [9.17, 15) is 0 Å². The molecule has 0 saturated carbocycles. The van der Waals surface area contributed by atoms with Gasteiger partial charge in [0.05, 0.1) is 6.61 Å². The minimum Gasteiger partial charge on any atom is -0.476 e. The number of nitrogen functional groups attached to an aromatic ring is 2. The Labute approximate surface area is 94.2 Å². The molecule has 0 aliphatic heterocycles. The third-order valence-corrected chi connectivity index (χ3v) is 1.69. The lowest BCUT2D eigenvalue weighted by molar-refractivity contribution is 0.277. The Morgan fingerprint density at radius 1 is 1.19 bits per heavy atom. The third-order valence-electron chi connectivity index (χ3n) is 1.69. The molecule has 16 heavy (non-hydrogen) atoms. The van der Waals surface area contributed by atoms with E-state index in [4.69, 9.17) is 20.9 Å². The lowest BCUT2D eigenvalue weighted by Gasteiger charge is -2.11. The van der Waals surface area contributed by atoms with E-state index in [1.54, 1.807) is 7.05 Å². The van der Waals surface area contributed by atoms with Crippen LogP contribution in [0.4, 0.5) is 11.6 Å². The van der Waals surface area contributed by atoms with Crippen molar-refractivity contribution in [2.45, 2.75) is 13.3 Å². The van der Waals surface area contributed by atoms with Gasteiger partial charge in [0.1, 0.15) is 6.73 Å². The van der Waals surface area contributed by atoms with Gasteiger partial charge in [-0.15, -0.1) is 0 Å². The molecule has 0 aliphatic rings. The number of aromatic nitrogens is 2. The smallest absolute Gasteiger partial charge is 0.247 e. The van der Waals surface area contributed by atoms with Crippen molar-refractivity contribution in [3.8, 4) is 11.8 Å². The Bertz CT molecular complexity index is 316. The maximum absolute atomic E-state index is 5.78. The van der Waals surface area contributed by atoms with Gasteiger partial charge in [-0.2, -0.15) is 9.97 Å². The second-order valence-corrected chi connectivity index (χ2v) is 3.10. The van der Waals surface area contributed by atoms with Crippen LogP contribution in [-0.4, -0.2) is 30.4 Å². The van der Waals surface area contributed by atoms with Gasteiger partial charge < -0.3 is 20.9 Å². The van der Waals surface area contributed by atoms with Crippen LogP contribution in [-0.2, 0) is 0 Å². The lowest BCUT2D eigenvalue weighted by Crippen LogP contribution is -2.17. The van der Waals surface area contributed by atoms with Gasteiger partial charge in [0.2, 0.25) is 17.7 Å². The first-order valence-corrected chi connectivity index (χ1v) is 5.02. The number of hydrogen-bond donors (Lipinski definition) is 3. The summed E-state index contributed by atoms with van der Waals surface area (Å²) in [5.74, 6) is 0.569. The van der Waals surface area contributed by atoms with Gasteiger partial charge in [-0.3, -0.25) is 5.32 Å². The molecule has 1 rings (SSSR count). The van der Waals surface area contributed by atoms with E-state index in [2.05, 4.69) is 15.3 Å². The number of hydrogen-bond acceptors (Lipinski definition) is 7. The second-order valence-electron chi connectivity index (χ2n) is 3.10. The molecule has 0 saturated heterocycles. The van der Waals surface area contributed by atoms with Crippen molar-refractivity contribution in [1.82, 2.24) is 15.3 Å². The monoisotopic (exact) mass is 227 g/mol. The summed E-state index contributed by atoms with van der Waals surface area (Å²) in [6.45, 7) is 2.79. The Morgan fingerprint density at radius 2 is 1.81 bits per heavy atom. The summed E-state index contributed by atoms with van der Waals surface area (Å²) in [7, 11) is 1.75. The Hall–Kier alpha value is -1.76. The molecule has 0 unspecified atom stereocenters. The molecule has 7 nitrogen and oxygen atoms in total. The number of anilines is 2. The lowest BCUT2D eigenvalue weighted by atomic mass is 10.5. The van der Waals surface area contributed by atoms with Crippen molar-refractivity contribution in [1.29, 1.82) is 0 Å². The van der Waals surface area contributed by atoms with Crippen LogP contribution in [0, 0.1) is 0 Å². The van der Waals surface area contributed by atoms with Crippen molar-refractivity contribution in [2.75, 3.05) is 31.9 Å². The zero-order chi connectivity index (χ0) is 12.0. The molecule has 0 aliphatic carbocycles. The molecular formula is C9H17N5O2. The van der Waals surface area contributed by atoms with Crippen LogP contribution < -0.4 is 26.3 Å². The number of nitrogens with zero attached hydrogens (tertiary/aromatic N) is 2. The van der Waals surface area contributed by atoms with Crippen LogP contribution >= 0.6 is 0 Å². The molecule has 1 aromatic heterocycles. The minimum atomic E-state index is 0.0754. The summed E-state index contributed by atoms with van der Waals surface area (Å²) in [5.41, 5.74) is 11.6. The van der Waals surface area contributed by atoms with Crippen LogP contribution in [0.25, 0.3) is 0 Å². The third kappa shape index (κ3) is 3.13. The van der Waals surface area contributed by atoms with E-state index in [1.165, 1.54) is 0 Å². The van der Waals surface area contributed by atoms with Gasteiger partial charge in [0, 0.05) is 0 Å². The second kappa shape index (κ2) is 5.96. The van der Waals surface area contributed by atoms with Gasteiger partial charge in [-0.05, 0) is 13.5 Å². The van der Waals surface area contributed by atoms with Gasteiger partial charge in [0.15, 0.2) is 5.69 Å². The standard InChI is InChI=1S/C9H17N5O2/c1-3-4-15-7-6(10)8(16-5-12-2)14-9(11)13-7/h12H,3-5,10H2,1-2H3,(H2,11,13,14). The molecule has 0 amide bonds. The summed E-state index contributed by atoms with van der Waals surface area (Å²) in [4.78, 5) is 7.78. The summed E-state index contributed by atoms with van der Waals surface area (Å²) in [6.07, 6.45) is 0.857. The normalized spacial score (nSPS) is 10.1. The van der Waals surface area contributed by atoms with Gasteiger partial charge >= 0.3 is 0 Å². The summed E-state index contributed by atoms with van der Waals surface area (Å²) in [6, 6.07) is 0. The molecule has 1 aromatic rings. The molecule has 0 atom stereocenters. The molecule has 7 heteroatoms. The van der Waals surface area contributed by atoms with Crippen molar-refractivity contribution < 1.29 is 9.47 Å². The van der Waals surface area contributed by atoms with E-state index >= 15 is 0 Å². The van der Waals surface area contributed by atoms with E-state index < -0.39 is 0 Å². The predicted molar refractivity (Wildman–Crippen MR) is 61.2 cm³/mol. The fourth-order valence-electron chi connectivity index (χ4n) is 1.00. The van der Waals surface area contributed by atoms with Crippen LogP contribution in [0.2, 0.25) is 0 Å². The fourth-order valence-corrected chi connectivity index (χ4v) is 1.00. The van der Waals surface area contributed by atoms with Crippen molar-refractivity contribution >= 4 is 11.6 Å². The van der Waals surface area contributed by atoms with Crippen LogP contribution in [0.5, 0.6) is 11.8 Å². The van der Waals surface area contributed by atoms with E-state index in [1.807, 2.05) is 6.92 Å². The average Bonchev–Trinajstić information content (AvgIpc) is 2.28. The zero-order valence-electron chi connectivity index (χ0n) is 9.49. The minimum absolute atomic E-state index is 0.0754. The number of ether oxygens (including phenoxy) is 2. The summed E-state index contributed by atoms with van der Waals surface area (Å²) >= 11 is 0. The number of nitrogens with two attached hydrogens (primary N) is 2. The summed E-state index contributed by atoms with van der Waals surface area (Å²) < 4.78 is 10.6. The van der Waals surface area contributed by atoms with Crippen molar-refractivity contribution in [2.24, 2.45) is 0 Å². The maximum atomic E-state index is 5.78. The zero-order valence-corrected chi connectivity index (χ0v) is 9.49. The molecular weight excluding hydrogens is 210 g/mol. The number of nitrogens with one attached hydrogen (secondary N) is 1. The molecule has 0 fully saturated rings. The van der Waals surface area contributed by atoms with E-state index in [-0.39, 0.29) is 30.1 Å². The number of rotatable bonds is 6. The quantitative estimate of drug-likeness (QED) is 0.586. The largest absolute Gasteiger partial charge is 0.476 e. The molecule has 90 valence electrons. The van der Waals surface area contributed by atoms with Gasteiger partial charge in [-0.1, -0.05) is 6.92 Å². The molecule has 0 radical (unpaired) electrons. The summed E-state index contributed by atoms with van der Waals surface area (Å²) in [5, 5.41) is 2.81. The van der Waals surface area contributed by atoms with E-state index in [0.717, 1.165) is 6.42 Å². The fraction of sp³-hybridized carbons (Fsp3) is 0.556. The van der Waals surface area contributed by atoms with Gasteiger partial charge in [0.25, 0.3) is 0 Å². The highest BCUT2D eigenvalue weighted by atomic mass is 16.5. The SMILES string of the molecule is CCCOc1nc(N)nc(OCNC)c1N. The first-order valence-electron chi connectivity index (χ1n) is 5.02. The van der Waals surface area contributed by atoms with Crippen LogP contribution in [0.3, 0.4) is 0 Å². The predicted octanol–water partition coefficient (Wildman–Crippen LogP) is -0.0145. The van der Waals surface area contributed by atoms with Gasteiger partial charge in [-0.25, -0.2) is 0 Å². The highest BCUT2D eigenvalue weighted by Gasteiger charge is 2.12. The Balaban J connectivity index is 2.86. The Morgan fingerprint density at radius 3 is 2.38 bits per heavy atom. The highest BCUT2D eigenvalue weighted by Crippen LogP contribution is 2.28. The highest BCUT2D eigenvalue weighted by molar-refractivity contribution is 5.58. The van der Waals surface area contributed by atoms with Crippen LogP contribution in [0.1, 0.15) is 13.3 Å². The van der Waals surface area contributed by atoms with Crippen molar-refractivity contribution in [3.05, 3.63) is 0 Å². The first kappa shape index (κ1) is 12.3. The molecule has 1 heterocycles. The van der Waals surface area contributed by atoms with Crippen LogP contribution in [0.15, 0.2) is 0 Å². The topological polar surface area (TPSA) is 108 Å². The molecule has 0 bridgehead atoms. The van der Waals surface area contributed by atoms with Crippen molar-refractivity contribution in [3.63, 3.8) is 0 Å². The molecule has 0 spiro atoms. The average molecular weight is 227 g/mol. The Kier molecular flexibility index (Phi) is 4.59. The molecule has 5 N–H and O–H groups in total. The molecule has 0 aromatic carbocycles. The maximum Gasteiger partial charge on any atom is 0.247 e. The van der Waals surface area contributed by atoms with E-state index in [0.29, 0.717) is 6.61 Å².